The molecule has 1 aliphatic rings. The molecule has 0 fully saturated rings. The highest BCUT2D eigenvalue weighted by molar-refractivity contribution is 7.89. The molecule has 0 saturated carbocycles. The number of fused-ring (bicyclic) bond motifs is 1. The second-order valence-electron chi connectivity index (χ2n) is 6.10. The number of imidazole rings is 1. The van der Waals surface area contributed by atoms with Crippen LogP contribution < -0.4 is 4.74 Å². The van der Waals surface area contributed by atoms with Crippen LogP contribution in [0.25, 0.3) is 0 Å². The Kier molecular flexibility index (Phi) is 4.63. The first-order chi connectivity index (χ1) is 13.0. The molecule has 2 aromatic heterocycles. The highest BCUT2D eigenvalue weighted by Crippen LogP contribution is 2.24. The Balaban J connectivity index is 1.54. The number of rotatable bonds is 5. The Morgan fingerprint density at radius 2 is 1.96 bits per heavy atom. The molecule has 0 saturated heterocycles. The quantitative estimate of drug-likeness (QED) is 0.670. The molecule has 3 heterocycles. The molecule has 27 heavy (non-hydrogen) atoms. The molecule has 1 aliphatic heterocycles. The van der Waals surface area contributed by atoms with E-state index in [1.807, 2.05) is 4.57 Å². The Morgan fingerprint density at radius 1 is 1.15 bits per heavy atom. The van der Waals surface area contributed by atoms with Crippen LogP contribution in [0.5, 0.6) is 5.75 Å². The lowest BCUT2D eigenvalue weighted by molar-refractivity contribution is 0.291. The number of nitrogens with zero attached hydrogens (tertiary/aromatic N) is 4. The lowest BCUT2D eigenvalue weighted by atomic mass is 10.3. The lowest BCUT2D eigenvalue weighted by Gasteiger charge is -2.28. The third-order valence-electron chi connectivity index (χ3n) is 4.41. The number of hydrogen-bond donors (Lipinski definition) is 0. The summed E-state index contributed by atoms with van der Waals surface area (Å²) in [5, 5.41) is 0. The van der Waals surface area contributed by atoms with Gasteiger partial charge in [-0.25, -0.2) is 17.8 Å². The average molecular weight is 388 g/mol. The average Bonchev–Trinajstić information content (AvgIpc) is 3.10. The minimum absolute atomic E-state index is 0.0741. The third kappa shape index (κ3) is 3.56. The van der Waals surface area contributed by atoms with Crippen molar-refractivity contribution in [3.05, 3.63) is 72.3 Å². The molecule has 0 radical (unpaired) electrons. The van der Waals surface area contributed by atoms with E-state index in [0.29, 0.717) is 24.5 Å². The van der Waals surface area contributed by atoms with Gasteiger partial charge in [-0.3, -0.25) is 4.98 Å². The molecular weight excluding hydrogens is 371 g/mol. The van der Waals surface area contributed by atoms with Crippen molar-refractivity contribution < 1.29 is 17.5 Å². The van der Waals surface area contributed by atoms with Crippen LogP contribution >= 0.6 is 0 Å². The fraction of sp³-hybridized carbons (Fsp3) is 0.222. The van der Waals surface area contributed by atoms with E-state index in [4.69, 9.17) is 4.74 Å². The highest BCUT2D eigenvalue weighted by atomic mass is 32.2. The summed E-state index contributed by atoms with van der Waals surface area (Å²) in [6.07, 6.45) is 4.95. The van der Waals surface area contributed by atoms with Crippen molar-refractivity contribution in [2.24, 2.45) is 0 Å². The normalized spacial score (nSPS) is 14.7. The summed E-state index contributed by atoms with van der Waals surface area (Å²) in [4.78, 5) is 8.43. The van der Waals surface area contributed by atoms with Crippen molar-refractivity contribution in [1.82, 2.24) is 18.8 Å². The van der Waals surface area contributed by atoms with Crippen LogP contribution in [0.4, 0.5) is 4.39 Å². The number of ether oxygens (including phenoxy) is 1. The van der Waals surface area contributed by atoms with Gasteiger partial charge in [0.05, 0.1) is 29.7 Å². The van der Waals surface area contributed by atoms with Crippen LogP contribution in [0, 0.1) is 5.82 Å². The summed E-state index contributed by atoms with van der Waals surface area (Å²) in [6.45, 7) is 1.23. The minimum atomic E-state index is -3.71. The smallest absolute Gasteiger partial charge is 0.243 e. The number of pyridine rings is 1. The summed E-state index contributed by atoms with van der Waals surface area (Å²) < 4.78 is 47.8. The molecule has 0 unspecified atom stereocenters. The first kappa shape index (κ1) is 17.6. The van der Waals surface area contributed by atoms with E-state index in [9.17, 15) is 12.8 Å². The number of halogens is 1. The monoisotopic (exact) mass is 388 g/mol. The first-order valence-corrected chi connectivity index (χ1v) is 9.79. The Hall–Kier alpha value is -2.78. The van der Waals surface area contributed by atoms with E-state index >= 15 is 0 Å². The Labute approximate surface area is 156 Å². The van der Waals surface area contributed by atoms with E-state index < -0.39 is 15.8 Å². The van der Waals surface area contributed by atoms with Gasteiger partial charge in [0, 0.05) is 19.3 Å². The highest BCUT2D eigenvalue weighted by Gasteiger charge is 2.30. The molecule has 0 atom stereocenters. The summed E-state index contributed by atoms with van der Waals surface area (Å²) in [6, 6.07) is 8.42. The number of benzene rings is 1. The molecule has 0 aliphatic carbocycles. The number of hydrogen-bond acceptors (Lipinski definition) is 5. The summed E-state index contributed by atoms with van der Waals surface area (Å²) in [5.41, 5.74) is 1.47. The van der Waals surface area contributed by atoms with Crippen molar-refractivity contribution in [3.63, 3.8) is 0 Å². The van der Waals surface area contributed by atoms with Gasteiger partial charge < -0.3 is 9.30 Å². The topological polar surface area (TPSA) is 77.3 Å². The molecule has 3 aromatic rings. The van der Waals surface area contributed by atoms with Crippen LogP contribution in [0.1, 0.15) is 11.4 Å². The maximum absolute atomic E-state index is 13.1. The second-order valence-corrected chi connectivity index (χ2v) is 8.04. The van der Waals surface area contributed by atoms with Crippen molar-refractivity contribution in [2.75, 3.05) is 6.54 Å². The molecule has 0 amide bonds. The van der Waals surface area contributed by atoms with E-state index in [2.05, 4.69) is 9.97 Å². The van der Waals surface area contributed by atoms with Crippen LogP contribution in [0.15, 0.2) is 60.0 Å². The number of sulfonamides is 1. The van der Waals surface area contributed by atoms with E-state index in [1.54, 1.807) is 30.9 Å². The molecule has 1 aromatic carbocycles. The molecule has 4 rings (SSSR count). The fourth-order valence-corrected chi connectivity index (χ4v) is 4.35. The fourth-order valence-electron chi connectivity index (χ4n) is 2.96. The SMILES string of the molecule is O=S(=O)(c1ccc(F)cc1)N1CCn2cnc(COc3cccnc3)c2C1. The van der Waals surface area contributed by atoms with Gasteiger partial charge in [-0.1, -0.05) is 0 Å². The third-order valence-corrected chi connectivity index (χ3v) is 6.27. The molecule has 0 spiro atoms. The predicted octanol–water partition coefficient (Wildman–Crippen LogP) is 2.20. The molecule has 140 valence electrons. The lowest BCUT2D eigenvalue weighted by Crippen LogP contribution is -2.38. The zero-order valence-electron chi connectivity index (χ0n) is 14.3. The van der Waals surface area contributed by atoms with Gasteiger partial charge in [0.25, 0.3) is 0 Å². The van der Waals surface area contributed by atoms with Crippen molar-refractivity contribution in [3.8, 4) is 5.75 Å². The van der Waals surface area contributed by atoms with Gasteiger partial charge in [-0.05, 0) is 36.4 Å². The van der Waals surface area contributed by atoms with Gasteiger partial charge in [-0.2, -0.15) is 4.31 Å². The van der Waals surface area contributed by atoms with Gasteiger partial charge in [0.2, 0.25) is 10.0 Å². The van der Waals surface area contributed by atoms with E-state index in [-0.39, 0.29) is 18.0 Å². The predicted molar refractivity (Wildman–Crippen MR) is 94.8 cm³/mol. The van der Waals surface area contributed by atoms with Crippen LogP contribution in [0.2, 0.25) is 0 Å². The summed E-state index contributed by atoms with van der Waals surface area (Å²) in [7, 11) is -3.71. The van der Waals surface area contributed by atoms with Crippen LogP contribution in [-0.2, 0) is 29.7 Å². The van der Waals surface area contributed by atoms with Crippen molar-refractivity contribution in [2.45, 2.75) is 24.6 Å². The van der Waals surface area contributed by atoms with Gasteiger partial charge >= 0.3 is 0 Å². The zero-order chi connectivity index (χ0) is 18.9. The maximum Gasteiger partial charge on any atom is 0.243 e. The molecular formula is C18H17FN4O3S. The van der Waals surface area contributed by atoms with E-state index in [0.717, 1.165) is 17.8 Å². The molecule has 0 bridgehead atoms. The second kappa shape index (κ2) is 7.09. The first-order valence-electron chi connectivity index (χ1n) is 8.35. The standard InChI is InChI=1S/C18H17FN4O3S/c19-14-3-5-16(6-4-14)27(24,25)23-9-8-22-13-21-17(18(22)11-23)12-26-15-2-1-7-20-10-15/h1-7,10,13H,8-9,11-12H2. The van der Waals surface area contributed by atoms with Crippen LogP contribution in [-0.4, -0.2) is 33.8 Å². The van der Waals surface area contributed by atoms with Crippen molar-refractivity contribution in [1.29, 1.82) is 0 Å². The summed E-state index contributed by atoms with van der Waals surface area (Å²) in [5.74, 6) is 0.145. The Bertz CT molecular complexity index is 1040. The largest absolute Gasteiger partial charge is 0.486 e. The zero-order valence-corrected chi connectivity index (χ0v) is 15.1. The molecule has 7 nitrogen and oxygen atoms in total. The number of aromatic nitrogens is 3. The van der Waals surface area contributed by atoms with Crippen LogP contribution in [0.3, 0.4) is 0 Å². The molecule has 9 heteroatoms. The van der Waals surface area contributed by atoms with E-state index in [1.165, 1.54) is 16.4 Å². The summed E-state index contributed by atoms with van der Waals surface area (Å²) >= 11 is 0. The van der Waals surface area contributed by atoms with Gasteiger partial charge in [0.15, 0.2) is 0 Å². The van der Waals surface area contributed by atoms with Gasteiger partial charge in [-0.15, -0.1) is 0 Å². The Morgan fingerprint density at radius 3 is 2.70 bits per heavy atom. The van der Waals surface area contributed by atoms with Crippen molar-refractivity contribution >= 4 is 10.0 Å². The van der Waals surface area contributed by atoms with Gasteiger partial charge in [0.1, 0.15) is 23.9 Å². The minimum Gasteiger partial charge on any atom is -0.486 e. The molecule has 0 N–H and O–H groups in total. The maximum atomic E-state index is 13.1.